The van der Waals surface area contributed by atoms with Crippen LogP contribution in [-0.4, -0.2) is 12.1 Å². The first-order chi connectivity index (χ1) is 4.25. The molecule has 0 unspecified atom stereocenters. The minimum Gasteiger partial charge on any atom is -0.311 e. The van der Waals surface area contributed by atoms with Gasteiger partial charge in [-0.05, 0) is 24.7 Å². The molecular formula is C8H15N. The summed E-state index contributed by atoms with van der Waals surface area (Å²) in [6, 6.07) is 0. The minimum absolute atomic E-state index is 0.661. The van der Waals surface area contributed by atoms with E-state index in [1.54, 1.807) is 0 Å². The highest BCUT2D eigenvalue weighted by molar-refractivity contribution is 5.14. The number of hydrogen-bond acceptors (Lipinski definition) is 1. The zero-order valence-electron chi connectivity index (χ0n) is 6.28. The summed E-state index contributed by atoms with van der Waals surface area (Å²) < 4.78 is 0. The Balaban J connectivity index is 1.99. The van der Waals surface area contributed by atoms with Crippen LogP contribution in [0.5, 0.6) is 0 Å². The predicted octanol–water partition coefficient (Wildman–Crippen LogP) is 1.39. The molecular weight excluding hydrogens is 110 g/mol. The molecule has 0 amide bonds. The molecule has 2 fully saturated rings. The summed E-state index contributed by atoms with van der Waals surface area (Å²) in [5, 5.41) is 3.53. The molecule has 1 atom stereocenters. The van der Waals surface area contributed by atoms with Gasteiger partial charge in [0.25, 0.3) is 0 Å². The Kier molecular flexibility index (Phi) is 0.963. The Morgan fingerprint density at radius 3 is 2.22 bits per heavy atom. The average molecular weight is 125 g/mol. The maximum atomic E-state index is 3.53. The summed E-state index contributed by atoms with van der Waals surface area (Å²) >= 11 is 0. The maximum absolute atomic E-state index is 3.53. The molecule has 1 aliphatic carbocycles. The quantitative estimate of drug-likeness (QED) is 0.558. The lowest BCUT2D eigenvalue weighted by molar-refractivity contribution is 0.152. The van der Waals surface area contributed by atoms with E-state index in [4.69, 9.17) is 0 Å². The third-order valence-corrected chi connectivity index (χ3v) is 2.98. The Labute approximate surface area is 56.8 Å². The molecule has 0 bridgehead atoms. The van der Waals surface area contributed by atoms with Crippen LogP contribution < -0.4 is 5.32 Å². The predicted molar refractivity (Wildman–Crippen MR) is 38.3 cm³/mol. The van der Waals surface area contributed by atoms with Gasteiger partial charge in [-0.3, -0.25) is 0 Å². The SMILES string of the molecule is CC(C)[C@@H]1CNC12CC2. The third-order valence-electron chi connectivity index (χ3n) is 2.98. The molecule has 0 aromatic heterocycles. The van der Waals surface area contributed by atoms with E-state index in [9.17, 15) is 0 Å². The molecule has 0 aromatic carbocycles. The average Bonchev–Trinajstić information content (AvgIpc) is 2.37. The van der Waals surface area contributed by atoms with Crippen molar-refractivity contribution in [1.29, 1.82) is 0 Å². The van der Waals surface area contributed by atoms with Crippen LogP contribution in [0.2, 0.25) is 0 Å². The van der Waals surface area contributed by atoms with Gasteiger partial charge in [0.2, 0.25) is 0 Å². The maximum Gasteiger partial charge on any atom is 0.0225 e. The van der Waals surface area contributed by atoms with Crippen molar-refractivity contribution in [3.8, 4) is 0 Å². The van der Waals surface area contributed by atoms with Gasteiger partial charge < -0.3 is 5.32 Å². The zero-order chi connectivity index (χ0) is 6.48. The van der Waals surface area contributed by atoms with Crippen LogP contribution in [0.15, 0.2) is 0 Å². The molecule has 0 radical (unpaired) electrons. The fourth-order valence-electron chi connectivity index (χ4n) is 2.06. The molecule has 1 heteroatoms. The first kappa shape index (κ1) is 5.72. The molecule has 1 aliphatic heterocycles. The number of rotatable bonds is 1. The van der Waals surface area contributed by atoms with Crippen LogP contribution in [0.3, 0.4) is 0 Å². The monoisotopic (exact) mass is 125 g/mol. The van der Waals surface area contributed by atoms with Crippen LogP contribution in [0, 0.1) is 11.8 Å². The van der Waals surface area contributed by atoms with E-state index in [1.165, 1.54) is 19.4 Å². The van der Waals surface area contributed by atoms with E-state index in [0.29, 0.717) is 5.54 Å². The highest BCUT2D eigenvalue weighted by Gasteiger charge is 2.56. The third kappa shape index (κ3) is 0.644. The smallest absolute Gasteiger partial charge is 0.0225 e. The highest BCUT2D eigenvalue weighted by atomic mass is 15.1. The molecule has 1 nitrogen and oxygen atoms in total. The van der Waals surface area contributed by atoms with E-state index < -0.39 is 0 Å². The molecule has 52 valence electrons. The molecule has 1 saturated heterocycles. The van der Waals surface area contributed by atoms with Crippen LogP contribution >= 0.6 is 0 Å². The van der Waals surface area contributed by atoms with Gasteiger partial charge in [-0.2, -0.15) is 0 Å². The summed E-state index contributed by atoms with van der Waals surface area (Å²) in [5.74, 6) is 1.89. The van der Waals surface area contributed by atoms with E-state index in [0.717, 1.165) is 11.8 Å². The largest absolute Gasteiger partial charge is 0.311 e. The van der Waals surface area contributed by atoms with Crippen molar-refractivity contribution in [2.75, 3.05) is 6.54 Å². The Hall–Kier alpha value is -0.0400. The standard InChI is InChI=1S/C8H15N/c1-6(2)7-5-9-8(7)3-4-8/h6-7,9H,3-5H2,1-2H3/t7-/m0/s1. The fraction of sp³-hybridized carbons (Fsp3) is 1.00. The molecule has 1 heterocycles. The van der Waals surface area contributed by atoms with Crippen molar-refractivity contribution in [2.24, 2.45) is 11.8 Å². The van der Waals surface area contributed by atoms with Gasteiger partial charge >= 0.3 is 0 Å². The second-order valence-corrected chi connectivity index (χ2v) is 3.89. The van der Waals surface area contributed by atoms with E-state index >= 15 is 0 Å². The van der Waals surface area contributed by atoms with E-state index in [-0.39, 0.29) is 0 Å². The first-order valence-corrected chi connectivity index (χ1v) is 4.00. The van der Waals surface area contributed by atoms with Gasteiger partial charge in [-0.1, -0.05) is 13.8 Å². The molecule has 0 aromatic rings. The lowest BCUT2D eigenvalue weighted by atomic mass is 9.80. The highest BCUT2D eigenvalue weighted by Crippen LogP contribution is 2.50. The van der Waals surface area contributed by atoms with E-state index in [1.807, 2.05) is 0 Å². The zero-order valence-corrected chi connectivity index (χ0v) is 6.28. The lowest BCUT2D eigenvalue weighted by Gasteiger charge is -2.41. The molecule has 1 spiro atoms. The molecule has 2 rings (SSSR count). The van der Waals surface area contributed by atoms with Crippen LogP contribution in [0.25, 0.3) is 0 Å². The van der Waals surface area contributed by atoms with Gasteiger partial charge in [0.1, 0.15) is 0 Å². The second kappa shape index (κ2) is 1.51. The van der Waals surface area contributed by atoms with Gasteiger partial charge in [-0.25, -0.2) is 0 Å². The van der Waals surface area contributed by atoms with Crippen molar-refractivity contribution in [3.05, 3.63) is 0 Å². The van der Waals surface area contributed by atoms with Crippen molar-refractivity contribution >= 4 is 0 Å². The van der Waals surface area contributed by atoms with E-state index in [2.05, 4.69) is 19.2 Å². The van der Waals surface area contributed by atoms with Crippen LogP contribution in [0.4, 0.5) is 0 Å². The van der Waals surface area contributed by atoms with Crippen molar-refractivity contribution in [3.63, 3.8) is 0 Å². The summed E-state index contributed by atoms with van der Waals surface area (Å²) in [6.45, 7) is 5.95. The molecule has 1 saturated carbocycles. The Bertz CT molecular complexity index is 125. The molecule has 2 aliphatic rings. The lowest BCUT2D eigenvalue weighted by Crippen LogP contribution is -2.57. The van der Waals surface area contributed by atoms with Gasteiger partial charge in [0, 0.05) is 12.1 Å². The Morgan fingerprint density at radius 2 is 2.11 bits per heavy atom. The fourth-order valence-corrected chi connectivity index (χ4v) is 2.06. The van der Waals surface area contributed by atoms with Gasteiger partial charge in [0.15, 0.2) is 0 Å². The second-order valence-electron chi connectivity index (χ2n) is 3.89. The number of hydrogen-bond donors (Lipinski definition) is 1. The topological polar surface area (TPSA) is 12.0 Å². The van der Waals surface area contributed by atoms with Crippen molar-refractivity contribution in [2.45, 2.75) is 32.2 Å². The number of nitrogens with one attached hydrogen (secondary N) is 1. The summed E-state index contributed by atoms with van der Waals surface area (Å²) in [5.41, 5.74) is 0.661. The van der Waals surface area contributed by atoms with Crippen LogP contribution in [-0.2, 0) is 0 Å². The summed E-state index contributed by atoms with van der Waals surface area (Å²) in [6.07, 6.45) is 2.88. The normalized spacial score (nSPS) is 37.0. The van der Waals surface area contributed by atoms with Gasteiger partial charge in [0.05, 0.1) is 0 Å². The molecule has 9 heavy (non-hydrogen) atoms. The van der Waals surface area contributed by atoms with Crippen molar-refractivity contribution in [1.82, 2.24) is 5.32 Å². The Morgan fingerprint density at radius 1 is 1.44 bits per heavy atom. The van der Waals surface area contributed by atoms with Crippen LogP contribution in [0.1, 0.15) is 26.7 Å². The van der Waals surface area contributed by atoms with Crippen molar-refractivity contribution < 1.29 is 0 Å². The van der Waals surface area contributed by atoms with Gasteiger partial charge in [-0.15, -0.1) is 0 Å². The molecule has 1 N–H and O–H groups in total. The minimum atomic E-state index is 0.661. The summed E-state index contributed by atoms with van der Waals surface area (Å²) in [4.78, 5) is 0. The summed E-state index contributed by atoms with van der Waals surface area (Å²) in [7, 11) is 0. The first-order valence-electron chi connectivity index (χ1n) is 4.00.